The molecule has 9 heteroatoms. The number of rotatable bonds is 11. The molecule has 0 heterocycles. The van der Waals surface area contributed by atoms with Gasteiger partial charge in [-0.2, -0.15) is 8.42 Å². The van der Waals surface area contributed by atoms with Crippen molar-refractivity contribution < 1.29 is 32.0 Å². The summed E-state index contributed by atoms with van der Waals surface area (Å²) in [7, 11) is -4.59. The van der Waals surface area contributed by atoms with Crippen molar-refractivity contribution in [2.45, 2.75) is 57.3 Å². The Hall–Kier alpha value is -0.670. The number of unbranched alkanes of at least 4 members (excludes halogenated alkanes) is 4. The fourth-order valence-corrected chi connectivity index (χ4v) is 2.74. The fraction of sp³-hybridized carbons (Fsp3) is 0.556. The molecule has 0 atom stereocenters. The van der Waals surface area contributed by atoms with Gasteiger partial charge in [0.05, 0.1) is 29.2 Å². The van der Waals surface area contributed by atoms with Crippen LogP contribution >= 0.6 is 0 Å². The van der Waals surface area contributed by atoms with Gasteiger partial charge in [-0.25, -0.2) is 9.59 Å². The molecule has 0 unspecified atom stereocenters. The van der Waals surface area contributed by atoms with Crippen LogP contribution in [0.25, 0.3) is 0 Å². The van der Waals surface area contributed by atoms with Crippen molar-refractivity contribution in [1.82, 2.24) is 0 Å². The molecule has 0 saturated carbocycles. The molecular weight excluding hydrogens is 400 g/mol. The molecule has 1 rings (SSSR count). The standard InChI is InChI=1S/C18H26O7S.Ca.2H/c1-3-5-7-9-24-17(19)14-11-15(13-16(12-14)26(21,22)23)18(20)25-10-8-6-4-2;;;/h11-13H,3-10H2,1-2H3,(H,21,22,23);;;. The number of hydrogen-bond acceptors (Lipinski definition) is 6. The van der Waals surface area contributed by atoms with E-state index in [1.54, 1.807) is 0 Å². The molecule has 0 aromatic heterocycles. The Morgan fingerprint density at radius 1 is 0.852 bits per heavy atom. The zero-order valence-corrected chi connectivity index (χ0v) is 16.0. The Kier molecular flexibility index (Phi) is 13.2. The number of carbonyl (C=O) groups excluding carboxylic acids is 2. The van der Waals surface area contributed by atoms with Crippen molar-refractivity contribution in [2.75, 3.05) is 13.2 Å². The molecule has 0 saturated heterocycles. The first-order chi connectivity index (χ1) is 12.3. The third kappa shape index (κ3) is 9.89. The molecule has 7 nitrogen and oxygen atoms in total. The summed E-state index contributed by atoms with van der Waals surface area (Å²) in [6.45, 7) is 4.41. The third-order valence-corrected chi connectivity index (χ3v) is 4.47. The van der Waals surface area contributed by atoms with Crippen LogP contribution in [-0.2, 0) is 19.6 Å². The molecule has 1 N–H and O–H groups in total. The van der Waals surface area contributed by atoms with Gasteiger partial charge in [0.15, 0.2) is 0 Å². The summed E-state index contributed by atoms with van der Waals surface area (Å²) in [6, 6.07) is 3.16. The first kappa shape index (κ1) is 26.3. The predicted molar refractivity (Wildman–Crippen MR) is 104 cm³/mol. The molecule has 0 amide bonds. The van der Waals surface area contributed by atoms with Gasteiger partial charge < -0.3 is 9.47 Å². The fourth-order valence-electron chi connectivity index (χ4n) is 2.18. The van der Waals surface area contributed by atoms with E-state index in [2.05, 4.69) is 0 Å². The summed E-state index contributed by atoms with van der Waals surface area (Å²) in [4.78, 5) is 23.7. The van der Waals surface area contributed by atoms with E-state index < -0.39 is 27.0 Å². The van der Waals surface area contributed by atoms with Gasteiger partial charge >= 0.3 is 49.7 Å². The second-order valence-corrected chi connectivity index (χ2v) is 7.33. The summed E-state index contributed by atoms with van der Waals surface area (Å²) in [5, 5.41) is 0. The maximum absolute atomic E-state index is 12.1. The van der Waals surface area contributed by atoms with Crippen molar-refractivity contribution in [3.63, 3.8) is 0 Å². The molecule has 0 bridgehead atoms. The maximum atomic E-state index is 12.1. The van der Waals surface area contributed by atoms with Gasteiger partial charge in [0, 0.05) is 0 Å². The van der Waals surface area contributed by atoms with E-state index in [1.165, 1.54) is 6.07 Å². The van der Waals surface area contributed by atoms with Gasteiger partial charge in [-0.15, -0.1) is 0 Å². The normalized spacial score (nSPS) is 10.8. The van der Waals surface area contributed by atoms with E-state index in [-0.39, 0.29) is 62.1 Å². The molecule has 1 aromatic rings. The number of esters is 2. The molecular formula is C18H28CaO7S. The van der Waals surface area contributed by atoms with Gasteiger partial charge in [-0.1, -0.05) is 39.5 Å². The van der Waals surface area contributed by atoms with Crippen molar-refractivity contribution >= 4 is 59.8 Å². The summed E-state index contributed by atoms with van der Waals surface area (Å²) in [6.07, 6.45) is 5.09. The van der Waals surface area contributed by atoms with Crippen molar-refractivity contribution in [2.24, 2.45) is 0 Å². The topological polar surface area (TPSA) is 107 Å². The predicted octanol–water partition coefficient (Wildman–Crippen LogP) is 2.71. The van der Waals surface area contributed by atoms with Crippen LogP contribution in [0, 0.1) is 0 Å². The molecule has 0 aliphatic rings. The Bertz CT molecular complexity index is 674. The number of benzene rings is 1. The van der Waals surface area contributed by atoms with Crippen LogP contribution in [0.1, 0.15) is 73.1 Å². The van der Waals surface area contributed by atoms with Crippen LogP contribution in [0.4, 0.5) is 0 Å². The minimum absolute atomic E-state index is 0. The zero-order valence-electron chi connectivity index (χ0n) is 15.2. The van der Waals surface area contributed by atoms with Crippen LogP contribution in [0.5, 0.6) is 0 Å². The third-order valence-electron chi connectivity index (χ3n) is 3.64. The summed E-state index contributed by atoms with van der Waals surface area (Å²) in [5.74, 6) is -1.52. The van der Waals surface area contributed by atoms with Crippen LogP contribution in [-0.4, -0.2) is 75.9 Å². The van der Waals surface area contributed by atoms with Crippen LogP contribution in [0.2, 0.25) is 0 Å². The number of ether oxygens (including phenoxy) is 2. The van der Waals surface area contributed by atoms with Crippen molar-refractivity contribution in [3.05, 3.63) is 29.3 Å². The van der Waals surface area contributed by atoms with Crippen molar-refractivity contribution in [3.8, 4) is 0 Å². The van der Waals surface area contributed by atoms with Gasteiger partial charge in [-0.3, -0.25) is 4.55 Å². The van der Waals surface area contributed by atoms with Gasteiger partial charge in [0.2, 0.25) is 0 Å². The summed E-state index contributed by atoms with van der Waals surface area (Å²) < 4.78 is 42.3. The molecule has 0 spiro atoms. The summed E-state index contributed by atoms with van der Waals surface area (Å²) >= 11 is 0. The molecule has 0 aliphatic heterocycles. The van der Waals surface area contributed by atoms with Gasteiger partial charge in [-0.05, 0) is 31.0 Å². The average Bonchev–Trinajstić information content (AvgIpc) is 2.61. The van der Waals surface area contributed by atoms with Crippen molar-refractivity contribution in [1.29, 1.82) is 0 Å². The average molecular weight is 429 g/mol. The van der Waals surface area contributed by atoms with E-state index in [9.17, 15) is 22.6 Å². The van der Waals surface area contributed by atoms with Gasteiger partial charge in [0.1, 0.15) is 0 Å². The Labute approximate surface area is 190 Å². The molecule has 0 aliphatic carbocycles. The minimum atomic E-state index is -4.59. The number of carbonyl (C=O) groups is 2. The van der Waals surface area contributed by atoms with E-state index in [1.807, 2.05) is 13.8 Å². The molecule has 0 radical (unpaired) electrons. The second kappa shape index (κ2) is 13.5. The SMILES string of the molecule is CCCCCOC(=O)c1cc(C(=O)OCCCCC)cc(S(=O)(=O)O)c1.[CaH2]. The molecule has 27 heavy (non-hydrogen) atoms. The van der Waals surface area contributed by atoms with E-state index in [0.717, 1.165) is 37.8 Å². The van der Waals surface area contributed by atoms with Crippen LogP contribution < -0.4 is 0 Å². The summed E-state index contributed by atoms with van der Waals surface area (Å²) in [5.41, 5.74) is -0.255. The monoisotopic (exact) mass is 428 g/mol. The van der Waals surface area contributed by atoms with Crippen LogP contribution in [0.15, 0.2) is 23.1 Å². The first-order valence-electron chi connectivity index (χ1n) is 8.76. The van der Waals surface area contributed by atoms with E-state index in [4.69, 9.17) is 9.47 Å². The van der Waals surface area contributed by atoms with Gasteiger partial charge in [0.25, 0.3) is 10.1 Å². The Morgan fingerprint density at radius 3 is 1.59 bits per heavy atom. The zero-order chi connectivity index (χ0) is 19.6. The van der Waals surface area contributed by atoms with E-state index in [0.29, 0.717) is 12.8 Å². The molecule has 150 valence electrons. The molecule has 0 fully saturated rings. The Morgan fingerprint density at radius 2 is 1.26 bits per heavy atom. The van der Waals surface area contributed by atoms with Crippen LogP contribution in [0.3, 0.4) is 0 Å². The second-order valence-electron chi connectivity index (χ2n) is 5.91. The number of hydrogen-bond donors (Lipinski definition) is 1. The van der Waals surface area contributed by atoms with E-state index >= 15 is 0 Å². The molecule has 1 aromatic carbocycles. The first-order valence-corrected chi connectivity index (χ1v) is 10.2. The quantitative estimate of drug-likeness (QED) is 0.250. The Balaban J connectivity index is 0.00000676.